The highest BCUT2D eigenvalue weighted by molar-refractivity contribution is 5.86. The fourth-order valence-corrected chi connectivity index (χ4v) is 3.19. The topological polar surface area (TPSA) is 52.9 Å². The number of anilines is 1. The summed E-state index contributed by atoms with van der Waals surface area (Å²) in [7, 11) is 3.90. The molecule has 1 aliphatic rings. The first kappa shape index (κ1) is 16.3. The Bertz CT molecular complexity index is 647. The van der Waals surface area contributed by atoms with E-state index in [9.17, 15) is 0 Å². The summed E-state index contributed by atoms with van der Waals surface area (Å²) >= 11 is 0. The second-order valence-corrected chi connectivity index (χ2v) is 6.26. The second-order valence-electron chi connectivity index (χ2n) is 6.26. The maximum Gasteiger partial charge on any atom is 0.0641 e. The number of aromatic nitrogens is 1. The van der Waals surface area contributed by atoms with Gasteiger partial charge in [0.15, 0.2) is 0 Å². The van der Waals surface area contributed by atoms with E-state index >= 15 is 0 Å². The fraction of sp³-hybridized carbons (Fsp3) is 0.529. The molecular weight excluding hydrogens is 292 g/mol. The molecule has 2 heterocycles. The molecule has 1 aliphatic heterocycles. The first-order valence-corrected chi connectivity index (χ1v) is 8.13. The number of nitrogens with one attached hydrogen (secondary N) is 1. The SMILES string of the molecule is COCCn1cc(CN2CCN(C)CC2)c2ccc(NO)cc21. The van der Waals surface area contributed by atoms with Gasteiger partial charge in [0.05, 0.1) is 17.8 Å². The summed E-state index contributed by atoms with van der Waals surface area (Å²) in [5.41, 5.74) is 5.41. The van der Waals surface area contributed by atoms with Crippen molar-refractivity contribution >= 4 is 16.6 Å². The van der Waals surface area contributed by atoms with E-state index in [0.29, 0.717) is 12.3 Å². The van der Waals surface area contributed by atoms with Gasteiger partial charge in [-0.2, -0.15) is 0 Å². The van der Waals surface area contributed by atoms with Crippen molar-refractivity contribution in [3.63, 3.8) is 0 Å². The summed E-state index contributed by atoms with van der Waals surface area (Å²) in [5.74, 6) is 0. The Morgan fingerprint density at radius 3 is 2.70 bits per heavy atom. The van der Waals surface area contributed by atoms with E-state index in [1.165, 1.54) is 10.9 Å². The van der Waals surface area contributed by atoms with E-state index in [1.807, 2.05) is 12.1 Å². The van der Waals surface area contributed by atoms with E-state index in [4.69, 9.17) is 9.94 Å². The Labute approximate surface area is 137 Å². The fourth-order valence-electron chi connectivity index (χ4n) is 3.19. The van der Waals surface area contributed by atoms with Crippen LogP contribution >= 0.6 is 0 Å². The molecule has 1 aromatic heterocycles. The van der Waals surface area contributed by atoms with Crippen molar-refractivity contribution in [3.8, 4) is 0 Å². The lowest BCUT2D eigenvalue weighted by molar-refractivity contribution is 0.148. The van der Waals surface area contributed by atoms with Crippen LogP contribution in [0.1, 0.15) is 5.56 Å². The summed E-state index contributed by atoms with van der Waals surface area (Å²) in [5, 5.41) is 10.4. The van der Waals surface area contributed by atoms with Gasteiger partial charge in [-0.05, 0) is 24.7 Å². The van der Waals surface area contributed by atoms with Crippen molar-refractivity contribution in [2.45, 2.75) is 13.1 Å². The van der Waals surface area contributed by atoms with E-state index in [-0.39, 0.29) is 0 Å². The molecule has 3 rings (SSSR count). The summed E-state index contributed by atoms with van der Waals surface area (Å²) in [6, 6.07) is 5.98. The van der Waals surface area contributed by atoms with Crippen molar-refractivity contribution in [2.24, 2.45) is 0 Å². The summed E-state index contributed by atoms with van der Waals surface area (Å²) in [6.45, 7) is 6.92. The van der Waals surface area contributed by atoms with Gasteiger partial charge in [-0.3, -0.25) is 15.6 Å². The molecule has 1 fully saturated rings. The Morgan fingerprint density at radius 1 is 1.22 bits per heavy atom. The maximum absolute atomic E-state index is 9.16. The highest BCUT2D eigenvalue weighted by atomic mass is 16.5. The van der Waals surface area contributed by atoms with Crippen LogP contribution in [0.3, 0.4) is 0 Å². The second kappa shape index (κ2) is 7.31. The number of rotatable bonds is 6. The lowest BCUT2D eigenvalue weighted by Gasteiger charge is -2.32. The third-order valence-corrected chi connectivity index (χ3v) is 4.62. The van der Waals surface area contributed by atoms with Crippen LogP contribution in [0, 0.1) is 0 Å². The van der Waals surface area contributed by atoms with Gasteiger partial charge in [0.1, 0.15) is 0 Å². The third kappa shape index (κ3) is 3.67. The Balaban J connectivity index is 1.86. The van der Waals surface area contributed by atoms with Gasteiger partial charge in [0, 0.05) is 58.0 Å². The van der Waals surface area contributed by atoms with Crippen LogP contribution in [0.5, 0.6) is 0 Å². The Hall–Kier alpha value is -1.60. The molecule has 0 aliphatic carbocycles. The van der Waals surface area contributed by atoms with Crippen LogP contribution in [0.15, 0.2) is 24.4 Å². The van der Waals surface area contributed by atoms with Crippen LogP contribution in [-0.2, 0) is 17.8 Å². The molecule has 6 heteroatoms. The molecule has 126 valence electrons. The number of nitrogens with zero attached hydrogens (tertiary/aromatic N) is 3. The van der Waals surface area contributed by atoms with Gasteiger partial charge < -0.3 is 14.2 Å². The monoisotopic (exact) mass is 318 g/mol. The van der Waals surface area contributed by atoms with Gasteiger partial charge in [0.25, 0.3) is 0 Å². The minimum atomic E-state index is 0.675. The molecular formula is C17H26N4O2. The molecule has 0 atom stereocenters. The number of likely N-dealkylation sites (N-methyl/N-ethyl adjacent to an activating group) is 1. The van der Waals surface area contributed by atoms with Crippen LogP contribution in [-0.4, -0.2) is 66.5 Å². The van der Waals surface area contributed by atoms with Gasteiger partial charge in [-0.25, -0.2) is 0 Å². The van der Waals surface area contributed by atoms with Crippen molar-refractivity contribution in [3.05, 3.63) is 30.0 Å². The lowest BCUT2D eigenvalue weighted by Crippen LogP contribution is -2.43. The van der Waals surface area contributed by atoms with Crippen LogP contribution in [0.4, 0.5) is 5.69 Å². The van der Waals surface area contributed by atoms with E-state index in [1.54, 1.807) is 7.11 Å². The first-order valence-electron chi connectivity index (χ1n) is 8.13. The van der Waals surface area contributed by atoms with Gasteiger partial charge in [0.2, 0.25) is 0 Å². The smallest absolute Gasteiger partial charge is 0.0641 e. The number of ether oxygens (including phenoxy) is 1. The van der Waals surface area contributed by atoms with Gasteiger partial charge in [-0.1, -0.05) is 6.07 Å². The molecule has 0 spiro atoms. The summed E-state index contributed by atoms with van der Waals surface area (Å²) < 4.78 is 7.43. The number of piperazine rings is 1. The normalized spacial score (nSPS) is 17.0. The quantitative estimate of drug-likeness (QED) is 0.796. The van der Waals surface area contributed by atoms with Gasteiger partial charge in [-0.15, -0.1) is 0 Å². The molecule has 23 heavy (non-hydrogen) atoms. The molecule has 0 radical (unpaired) electrons. The number of fused-ring (bicyclic) bond motifs is 1. The first-order chi connectivity index (χ1) is 11.2. The van der Waals surface area contributed by atoms with Crippen LogP contribution in [0.2, 0.25) is 0 Å². The highest BCUT2D eigenvalue weighted by Gasteiger charge is 2.17. The van der Waals surface area contributed by atoms with Crippen molar-refractivity contribution in [1.82, 2.24) is 14.4 Å². The average molecular weight is 318 g/mol. The number of hydrogen-bond acceptors (Lipinski definition) is 5. The van der Waals surface area contributed by atoms with Crippen molar-refractivity contribution < 1.29 is 9.94 Å². The summed E-state index contributed by atoms with van der Waals surface area (Å²) in [6.07, 6.45) is 2.23. The third-order valence-electron chi connectivity index (χ3n) is 4.62. The van der Waals surface area contributed by atoms with Gasteiger partial charge >= 0.3 is 0 Å². The molecule has 1 aromatic carbocycles. The van der Waals surface area contributed by atoms with Crippen molar-refractivity contribution in [1.29, 1.82) is 0 Å². The largest absolute Gasteiger partial charge is 0.383 e. The number of methoxy groups -OCH3 is 1. The number of benzene rings is 1. The molecule has 1 saturated heterocycles. The average Bonchev–Trinajstić information content (AvgIpc) is 2.92. The highest BCUT2D eigenvalue weighted by Crippen LogP contribution is 2.26. The maximum atomic E-state index is 9.16. The molecule has 0 bridgehead atoms. The lowest BCUT2D eigenvalue weighted by atomic mass is 10.1. The molecule has 2 N–H and O–H groups in total. The predicted octanol–water partition coefficient (Wildman–Crippen LogP) is 1.84. The van der Waals surface area contributed by atoms with E-state index in [2.05, 4.69) is 39.2 Å². The standard InChI is InChI=1S/C17H26N4O2/c1-19-5-7-20(8-6-19)12-14-13-21(9-10-23-2)17-11-15(18-22)3-4-16(14)17/h3-4,11,13,18,22H,5-10,12H2,1-2H3. The predicted molar refractivity (Wildman–Crippen MR) is 92.0 cm³/mol. The minimum Gasteiger partial charge on any atom is -0.383 e. The Kier molecular flexibility index (Phi) is 5.17. The van der Waals surface area contributed by atoms with E-state index in [0.717, 1.165) is 44.8 Å². The minimum absolute atomic E-state index is 0.675. The van der Waals surface area contributed by atoms with Crippen LogP contribution in [0.25, 0.3) is 10.9 Å². The Morgan fingerprint density at radius 2 is 2.00 bits per heavy atom. The molecule has 0 saturated carbocycles. The molecule has 0 unspecified atom stereocenters. The van der Waals surface area contributed by atoms with Crippen LogP contribution < -0.4 is 5.48 Å². The number of hydrogen-bond donors (Lipinski definition) is 2. The zero-order chi connectivity index (χ0) is 16.2. The zero-order valence-electron chi connectivity index (χ0n) is 14.0. The zero-order valence-corrected chi connectivity index (χ0v) is 14.0. The van der Waals surface area contributed by atoms with Crippen molar-refractivity contribution in [2.75, 3.05) is 52.4 Å². The summed E-state index contributed by atoms with van der Waals surface area (Å²) in [4.78, 5) is 4.88. The van der Waals surface area contributed by atoms with E-state index < -0.39 is 0 Å². The molecule has 2 aromatic rings. The molecule has 0 amide bonds. The molecule has 6 nitrogen and oxygen atoms in total.